The van der Waals surface area contributed by atoms with Crippen LogP contribution in [0.5, 0.6) is 0 Å². The molecule has 1 saturated carbocycles. The normalized spacial score (nSPS) is 40.9. The van der Waals surface area contributed by atoms with E-state index in [0.29, 0.717) is 17.8 Å². The summed E-state index contributed by atoms with van der Waals surface area (Å²) in [5, 5.41) is 9.25. The fourth-order valence-corrected chi connectivity index (χ4v) is 1.98. The lowest BCUT2D eigenvalue weighted by molar-refractivity contribution is 0.161. The van der Waals surface area contributed by atoms with E-state index in [9.17, 15) is 5.11 Å². The molecule has 1 aliphatic carbocycles. The molecular formula is C9H16O. The van der Waals surface area contributed by atoms with Crippen molar-refractivity contribution < 1.29 is 5.11 Å². The molecule has 58 valence electrons. The number of hydrogen-bond donors (Lipinski definition) is 1. The van der Waals surface area contributed by atoms with E-state index >= 15 is 0 Å². The summed E-state index contributed by atoms with van der Waals surface area (Å²) in [5.74, 6) is 1.80. The van der Waals surface area contributed by atoms with Gasteiger partial charge >= 0.3 is 0 Å². The highest BCUT2D eigenvalue weighted by molar-refractivity contribution is 5.07. The van der Waals surface area contributed by atoms with Gasteiger partial charge in [0.15, 0.2) is 0 Å². The molecule has 1 aliphatic rings. The molecule has 0 saturated heterocycles. The van der Waals surface area contributed by atoms with Crippen LogP contribution in [0.3, 0.4) is 0 Å². The molecule has 4 atom stereocenters. The predicted octanol–water partition coefficient (Wildman–Crippen LogP) is 1.83. The molecule has 1 rings (SSSR count). The van der Waals surface area contributed by atoms with Crippen molar-refractivity contribution in [1.82, 2.24) is 0 Å². The van der Waals surface area contributed by atoms with E-state index in [4.69, 9.17) is 0 Å². The van der Waals surface area contributed by atoms with Crippen LogP contribution in [-0.2, 0) is 0 Å². The van der Waals surface area contributed by atoms with E-state index in [0.717, 1.165) is 0 Å². The lowest BCUT2D eigenvalue weighted by atomic mass is 10.2. The van der Waals surface area contributed by atoms with E-state index in [1.165, 1.54) is 6.42 Å². The van der Waals surface area contributed by atoms with Crippen molar-refractivity contribution in [3.05, 3.63) is 12.7 Å². The number of hydrogen-bond acceptors (Lipinski definition) is 1. The zero-order valence-corrected chi connectivity index (χ0v) is 6.75. The number of allylic oxidation sites excluding steroid dienone is 1. The average molecular weight is 140 g/mol. The Kier molecular flexibility index (Phi) is 2.14. The van der Waals surface area contributed by atoms with E-state index < -0.39 is 0 Å². The second kappa shape index (κ2) is 2.75. The van der Waals surface area contributed by atoms with Crippen LogP contribution < -0.4 is 0 Å². The van der Waals surface area contributed by atoms with Crippen molar-refractivity contribution in [2.75, 3.05) is 0 Å². The first-order chi connectivity index (χ1) is 4.72. The Balaban J connectivity index is 2.43. The lowest BCUT2D eigenvalue weighted by Gasteiger charge is -1.99. The minimum Gasteiger partial charge on any atom is -0.393 e. The number of aliphatic hydroxyl groups is 1. The quantitative estimate of drug-likeness (QED) is 0.593. The molecule has 0 aliphatic heterocycles. The maximum absolute atomic E-state index is 9.25. The lowest BCUT2D eigenvalue weighted by Crippen LogP contribution is -2.04. The van der Waals surface area contributed by atoms with E-state index in [1.54, 1.807) is 0 Å². The van der Waals surface area contributed by atoms with Gasteiger partial charge in [-0.15, -0.1) is 6.58 Å². The Hall–Kier alpha value is -0.300. The van der Waals surface area contributed by atoms with Crippen LogP contribution in [0.4, 0.5) is 0 Å². The number of rotatable bonds is 3. The molecule has 1 heteroatoms. The monoisotopic (exact) mass is 140 g/mol. The van der Waals surface area contributed by atoms with Crippen LogP contribution in [0.1, 0.15) is 20.3 Å². The van der Waals surface area contributed by atoms with Crippen molar-refractivity contribution in [1.29, 1.82) is 0 Å². The molecule has 0 amide bonds. The van der Waals surface area contributed by atoms with Gasteiger partial charge in [0.25, 0.3) is 0 Å². The van der Waals surface area contributed by atoms with Crippen molar-refractivity contribution in [2.45, 2.75) is 26.4 Å². The first-order valence-electron chi connectivity index (χ1n) is 4.03. The van der Waals surface area contributed by atoms with Gasteiger partial charge in [0.2, 0.25) is 0 Å². The van der Waals surface area contributed by atoms with E-state index in [1.807, 2.05) is 13.0 Å². The second-order valence-electron chi connectivity index (χ2n) is 3.20. The summed E-state index contributed by atoms with van der Waals surface area (Å²) in [6.07, 6.45) is 3.01. The summed E-state index contributed by atoms with van der Waals surface area (Å²) < 4.78 is 0. The number of aliphatic hydroxyl groups excluding tert-OH is 1. The molecule has 1 fully saturated rings. The van der Waals surface area contributed by atoms with Crippen LogP contribution in [0, 0.1) is 17.8 Å². The molecule has 0 bridgehead atoms. The fraction of sp³-hybridized carbons (Fsp3) is 0.778. The zero-order chi connectivity index (χ0) is 7.72. The molecule has 0 spiro atoms. The van der Waals surface area contributed by atoms with Crippen molar-refractivity contribution >= 4 is 0 Å². The first kappa shape index (κ1) is 7.80. The van der Waals surface area contributed by atoms with Gasteiger partial charge in [0.1, 0.15) is 0 Å². The molecule has 0 radical (unpaired) electrons. The average Bonchev–Trinajstić information content (AvgIpc) is 2.60. The van der Waals surface area contributed by atoms with Gasteiger partial charge in [-0.2, -0.15) is 0 Å². The van der Waals surface area contributed by atoms with E-state index in [-0.39, 0.29) is 6.10 Å². The third kappa shape index (κ3) is 1.10. The van der Waals surface area contributed by atoms with Gasteiger partial charge in [-0.05, 0) is 24.7 Å². The summed E-state index contributed by atoms with van der Waals surface area (Å²) in [6, 6.07) is 0. The van der Waals surface area contributed by atoms with Gasteiger partial charge in [-0.1, -0.05) is 19.4 Å². The summed E-state index contributed by atoms with van der Waals surface area (Å²) in [5.41, 5.74) is 0. The van der Waals surface area contributed by atoms with Crippen LogP contribution in [0.15, 0.2) is 12.7 Å². The first-order valence-corrected chi connectivity index (χ1v) is 4.03. The molecule has 0 aromatic carbocycles. The Morgan fingerprint density at radius 1 is 1.70 bits per heavy atom. The van der Waals surface area contributed by atoms with Gasteiger partial charge < -0.3 is 5.11 Å². The third-order valence-corrected chi connectivity index (χ3v) is 2.59. The van der Waals surface area contributed by atoms with Crippen molar-refractivity contribution in [3.63, 3.8) is 0 Å². The summed E-state index contributed by atoms with van der Waals surface area (Å²) in [7, 11) is 0. The summed E-state index contributed by atoms with van der Waals surface area (Å²) in [4.78, 5) is 0. The SMILES string of the molecule is C=CC1C(CC)C1C(C)O. The molecule has 1 N–H and O–H groups in total. The molecular weight excluding hydrogens is 124 g/mol. The second-order valence-corrected chi connectivity index (χ2v) is 3.20. The maximum atomic E-state index is 9.25. The topological polar surface area (TPSA) is 20.2 Å². The minimum atomic E-state index is -0.145. The highest BCUT2D eigenvalue weighted by Gasteiger charge is 2.48. The highest BCUT2D eigenvalue weighted by atomic mass is 16.3. The van der Waals surface area contributed by atoms with Crippen LogP contribution in [-0.4, -0.2) is 11.2 Å². The van der Waals surface area contributed by atoms with Gasteiger partial charge in [-0.3, -0.25) is 0 Å². The van der Waals surface area contributed by atoms with Gasteiger partial charge in [0, 0.05) is 0 Å². The summed E-state index contributed by atoms with van der Waals surface area (Å²) >= 11 is 0. The Morgan fingerprint density at radius 2 is 2.30 bits per heavy atom. The maximum Gasteiger partial charge on any atom is 0.0548 e. The van der Waals surface area contributed by atoms with Crippen LogP contribution >= 0.6 is 0 Å². The van der Waals surface area contributed by atoms with Crippen LogP contribution in [0.2, 0.25) is 0 Å². The summed E-state index contributed by atoms with van der Waals surface area (Å²) in [6.45, 7) is 7.78. The molecule has 0 aromatic rings. The van der Waals surface area contributed by atoms with Gasteiger partial charge in [0.05, 0.1) is 6.10 Å². The molecule has 0 aromatic heterocycles. The molecule has 4 unspecified atom stereocenters. The predicted molar refractivity (Wildman–Crippen MR) is 42.6 cm³/mol. The molecule has 10 heavy (non-hydrogen) atoms. The highest BCUT2D eigenvalue weighted by Crippen LogP contribution is 2.51. The van der Waals surface area contributed by atoms with E-state index in [2.05, 4.69) is 13.5 Å². The van der Waals surface area contributed by atoms with Crippen molar-refractivity contribution in [2.24, 2.45) is 17.8 Å². The van der Waals surface area contributed by atoms with Gasteiger partial charge in [-0.25, -0.2) is 0 Å². The Labute approximate surface area is 62.8 Å². The zero-order valence-electron chi connectivity index (χ0n) is 6.75. The standard InChI is InChI=1S/C9H16O/c1-4-7-8(5-2)9(7)6(3)10/h4,6-10H,1,5H2,2-3H3. The molecule has 0 heterocycles. The third-order valence-electron chi connectivity index (χ3n) is 2.59. The van der Waals surface area contributed by atoms with Crippen LogP contribution in [0.25, 0.3) is 0 Å². The van der Waals surface area contributed by atoms with Crippen molar-refractivity contribution in [3.8, 4) is 0 Å². The molecule has 1 nitrogen and oxygen atoms in total. The Morgan fingerprint density at radius 3 is 2.40 bits per heavy atom. The smallest absolute Gasteiger partial charge is 0.0548 e. The Bertz CT molecular complexity index is 129. The minimum absolute atomic E-state index is 0.145. The largest absolute Gasteiger partial charge is 0.393 e. The fourth-order valence-electron chi connectivity index (χ4n) is 1.98.